The molecule has 2 aliphatic heterocycles. The molecule has 2 aromatic rings. The van der Waals surface area contributed by atoms with E-state index in [1.165, 1.54) is 24.3 Å². The van der Waals surface area contributed by atoms with Gasteiger partial charge in [0.05, 0.1) is 23.0 Å². The highest BCUT2D eigenvalue weighted by Gasteiger charge is 2.45. The van der Waals surface area contributed by atoms with Crippen molar-refractivity contribution < 1.29 is 44.1 Å². The minimum Gasteiger partial charge on any atom is -0.347 e. The Bertz CT molecular complexity index is 1080. The van der Waals surface area contributed by atoms with E-state index in [2.05, 4.69) is 0 Å². The highest BCUT2D eigenvalue weighted by atomic mass is 32.2. The standard InChI is InChI=1S/C22H26O10S2/c1-15-3-7-17(8-4-15)33(23,24)31-11-19-21-22(30-13-27-19)20(28-14-29-21)12-32-34(25,26)18-9-5-16(2)6-10-18/h3-10,19-22H,11-14H2,1-2H3/t19-,20-,21-,22-/m1/s1. The Labute approximate surface area is 198 Å². The summed E-state index contributed by atoms with van der Waals surface area (Å²) in [6, 6.07) is 12.6. The summed E-state index contributed by atoms with van der Waals surface area (Å²) < 4.78 is 82.7. The van der Waals surface area contributed by atoms with Crippen LogP contribution in [-0.4, -0.2) is 68.1 Å². The van der Waals surface area contributed by atoms with Crippen LogP contribution in [0.3, 0.4) is 0 Å². The Hall–Kier alpha value is -1.90. The Kier molecular flexibility index (Phi) is 7.69. The Morgan fingerprint density at radius 3 is 1.35 bits per heavy atom. The van der Waals surface area contributed by atoms with Gasteiger partial charge in [-0.05, 0) is 38.1 Å². The van der Waals surface area contributed by atoms with Crippen LogP contribution in [0.5, 0.6) is 0 Å². The molecule has 0 saturated carbocycles. The molecule has 0 aromatic heterocycles. The van der Waals surface area contributed by atoms with Gasteiger partial charge in [-0.25, -0.2) is 0 Å². The molecule has 0 unspecified atom stereocenters. The van der Waals surface area contributed by atoms with Crippen molar-refractivity contribution in [3.8, 4) is 0 Å². The first-order chi connectivity index (χ1) is 16.2. The third-order valence-corrected chi connectivity index (χ3v) is 8.13. The highest BCUT2D eigenvalue weighted by molar-refractivity contribution is 7.87. The van der Waals surface area contributed by atoms with Crippen molar-refractivity contribution in [2.24, 2.45) is 0 Å². The van der Waals surface area contributed by atoms with Gasteiger partial charge >= 0.3 is 0 Å². The van der Waals surface area contributed by atoms with Crippen LogP contribution in [0.1, 0.15) is 11.1 Å². The first kappa shape index (κ1) is 25.2. The molecule has 34 heavy (non-hydrogen) atoms. The fourth-order valence-electron chi connectivity index (χ4n) is 3.57. The lowest BCUT2D eigenvalue weighted by molar-refractivity contribution is -0.327. The van der Waals surface area contributed by atoms with Crippen molar-refractivity contribution in [2.75, 3.05) is 26.8 Å². The van der Waals surface area contributed by atoms with Crippen molar-refractivity contribution in [1.82, 2.24) is 0 Å². The summed E-state index contributed by atoms with van der Waals surface area (Å²) in [5.74, 6) is 0. The van der Waals surface area contributed by atoms with Crippen molar-refractivity contribution in [3.05, 3.63) is 59.7 Å². The molecule has 12 heteroatoms. The second-order valence-electron chi connectivity index (χ2n) is 8.01. The largest absolute Gasteiger partial charge is 0.347 e. The molecule has 0 aliphatic carbocycles. The number of ether oxygens (including phenoxy) is 4. The quantitative estimate of drug-likeness (QED) is 0.483. The van der Waals surface area contributed by atoms with Gasteiger partial charge in [-0.15, -0.1) is 0 Å². The van der Waals surface area contributed by atoms with Gasteiger partial charge in [0.1, 0.15) is 38.0 Å². The van der Waals surface area contributed by atoms with E-state index in [-0.39, 0.29) is 36.6 Å². The van der Waals surface area contributed by atoms with E-state index in [4.69, 9.17) is 27.3 Å². The zero-order valence-corrected chi connectivity index (χ0v) is 20.3. The fourth-order valence-corrected chi connectivity index (χ4v) is 5.41. The third kappa shape index (κ3) is 5.83. The molecule has 4 rings (SSSR count). The van der Waals surface area contributed by atoms with Gasteiger partial charge < -0.3 is 18.9 Å². The maximum atomic E-state index is 12.5. The van der Waals surface area contributed by atoms with Gasteiger partial charge in [-0.3, -0.25) is 8.37 Å². The average Bonchev–Trinajstić information content (AvgIpc) is 2.82. The van der Waals surface area contributed by atoms with Crippen LogP contribution in [0, 0.1) is 13.8 Å². The van der Waals surface area contributed by atoms with Crippen LogP contribution < -0.4 is 0 Å². The summed E-state index contributed by atoms with van der Waals surface area (Å²) in [7, 11) is -8.01. The lowest BCUT2D eigenvalue weighted by Gasteiger charge is -2.43. The maximum absolute atomic E-state index is 12.5. The first-order valence-electron chi connectivity index (χ1n) is 10.5. The summed E-state index contributed by atoms with van der Waals surface area (Å²) in [4.78, 5) is 0.0596. The van der Waals surface area contributed by atoms with Crippen molar-refractivity contribution in [2.45, 2.75) is 48.1 Å². The Morgan fingerprint density at radius 1 is 0.647 bits per heavy atom. The van der Waals surface area contributed by atoms with Crippen LogP contribution in [0.25, 0.3) is 0 Å². The normalized spacial score (nSPS) is 25.6. The second-order valence-corrected chi connectivity index (χ2v) is 11.2. The van der Waals surface area contributed by atoms with Gasteiger partial charge in [0.2, 0.25) is 0 Å². The van der Waals surface area contributed by atoms with Crippen LogP contribution in [0.4, 0.5) is 0 Å². The molecule has 2 fully saturated rings. The van der Waals surface area contributed by atoms with Crippen LogP contribution in [0.2, 0.25) is 0 Å². The average molecular weight is 515 g/mol. The topological polar surface area (TPSA) is 124 Å². The lowest BCUT2D eigenvalue weighted by Crippen LogP contribution is -2.59. The Balaban J connectivity index is 1.38. The zero-order valence-electron chi connectivity index (χ0n) is 18.7. The minimum absolute atomic E-state index is 0.0298. The Morgan fingerprint density at radius 2 is 1.00 bits per heavy atom. The van der Waals surface area contributed by atoms with Gasteiger partial charge in [-0.1, -0.05) is 35.4 Å². The predicted molar refractivity (Wildman–Crippen MR) is 118 cm³/mol. The number of benzene rings is 2. The van der Waals surface area contributed by atoms with E-state index in [0.29, 0.717) is 0 Å². The van der Waals surface area contributed by atoms with Gasteiger partial charge in [-0.2, -0.15) is 16.8 Å². The molecule has 0 spiro atoms. The summed E-state index contributed by atoms with van der Waals surface area (Å²) in [6.45, 7) is 2.73. The predicted octanol–water partition coefficient (Wildman–Crippen LogP) is 1.90. The molecule has 0 bridgehead atoms. The molecule has 2 saturated heterocycles. The lowest BCUT2D eigenvalue weighted by atomic mass is 10.0. The molecular weight excluding hydrogens is 488 g/mol. The molecule has 0 N–H and O–H groups in total. The molecule has 10 nitrogen and oxygen atoms in total. The third-order valence-electron chi connectivity index (χ3n) is 5.54. The van der Waals surface area contributed by atoms with Crippen LogP contribution in [-0.2, 0) is 47.5 Å². The number of aryl methyl sites for hydroxylation is 2. The van der Waals surface area contributed by atoms with Gasteiger partial charge in [0.15, 0.2) is 0 Å². The second kappa shape index (κ2) is 10.4. The van der Waals surface area contributed by atoms with E-state index in [9.17, 15) is 16.8 Å². The van der Waals surface area contributed by atoms with E-state index < -0.39 is 44.7 Å². The van der Waals surface area contributed by atoms with E-state index in [1.807, 2.05) is 13.8 Å². The van der Waals surface area contributed by atoms with Gasteiger partial charge in [0, 0.05) is 0 Å². The maximum Gasteiger partial charge on any atom is 0.297 e. The SMILES string of the molecule is Cc1ccc(S(=O)(=O)OC[C@H]2OCO[C@H]3[C@@H]2OCO[C@@H]3COS(=O)(=O)c2ccc(C)cc2)cc1. The molecule has 0 amide bonds. The van der Waals surface area contributed by atoms with Crippen LogP contribution >= 0.6 is 0 Å². The first-order valence-corrected chi connectivity index (χ1v) is 13.4. The molecule has 0 radical (unpaired) electrons. The van der Waals surface area contributed by atoms with Crippen molar-refractivity contribution in [3.63, 3.8) is 0 Å². The summed E-state index contributed by atoms with van der Waals surface area (Å²) in [5.41, 5.74) is 1.84. The van der Waals surface area contributed by atoms with Crippen LogP contribution in [0.15, 0.2) is 58.3 Å². The molecule has 186 valence electrons. The fraction of sp³-hybridized carbons (Fsp3) is 0.455. The summed E-state index contributed by atoms with van der Waals surface area (Å²) in [5, 5.41) is 0. The number of hydrogen-bond acceptors (Lipinski definition) is 10. The smallest absolute Gasteiger partial charge is 0.297 e. The van der Waals surface area contributed by atoms with E-state index >= 15 is 0 Å². The zero-order chi connectivity index (χ0) is 24.3. The monoisotopic (exact) mass is 514 g/mol. The molecule has 2 aliphatic rings. The van der Waals surface area contributed by atoms with E-state index in [0.717, 1.165) is 11.1 Å². The van der Waals surface area contributed by atoms with E-state index in [1.54, 1.807) is 24.3 Å². The van der Waals surface area contributed by atoms with Crippen molar-refractivity contribution >= 4 is 20.2 Å². The minimum atomic E-state index is -4.00. The summed E-state index contributed by atoms with van der Waals surface area (Å²) in [6.07, 6.45) is -3.05. The molecule has 2 aromatic carbocycles. The molecular formula is C22H26O10S2. The summed E-state index contributed by atoms with van der Waals surface area (Å²) >= 11 is 0. The highest BCUT2D eigenvalue weighted by Crippen LogP contribution is 2.28. The van der Waals surface area contributed by atoms with Gasteiger partial charge in [0.25, 0.3) is 20.2 Å². The number of hydrogen-bond donors (Lipinski definition) is 0. The molecule has 2 heterocycles. The van der Waals surface area contributed by atoms with Crippen molar-refractivity contribution in [1.29, 1.82) is 0 Å². The number of fused-ring (bicyclic) bond motifs is 1. The molecule has 4 atom stereocenters. The number of rotatable bonds is 8.